The topological polar surface area (TPSA) is 75.6 Å². The molecule has 5 atom stereocenters. The second-order valence-electron chi connectivity index (χ2n) is 6.00. The lowest BCUT2D eigenvalue weighted by Gasteiger charge is -2.19. The lowest BCUT2D eigenvalue weighted by Crippen LogP contribution is -2.40. The molecule has 0 spiro atoms. The Hall–Kier alpha value is -1.10. The third-order valence-corrected chi connectivity index (χ3v) is 4.52. The molecule has 0 aromatic heterocycles. The molecule has 5 unspecified atom stereocenters. The smallest absolute Gasteiger partial charge is 0.307 e. The van der Waals surface area contributed by atoms with Crippen LogP contribution < -0.4 is 5.32 Å². The fraction of sp³-hybridized carbons (Fsp3) is 0.857. The van der Waals surface area contributed by atoms with E-state index < -0.39 is 11.9 Å². The maximum atomic E-state index is 12.2. The van der Waals surface area contributed by atoms with E-state index in [0.717, 1.165) is 19.3 Å². The summed E-state index contributed by atoms with van der Waals surface area (Å²) >= 11 is 0. The first-order chi connectivity index (χ1) is 9.01. The number of carbonyl (C=O) groups is 2. The van der Waals surface area contributed by atoms with E-state index >= 15 is 0 Å². The van der Waals surface area contributed by atoms with Crippen molar-refractivity contribution >= 4 is 11.9 Å². The molecule has 0 saturated heterocycles. The Morgan fingerprint density at radius 2 is 1.84 bits per heavy atom. The molecule has 5 heteroatoms. The van der Waals surface area contributed by atoms with E-state index in [0.29, 0.717) is 18.8 Å². The van der Waals surface area contributed by atoms with Crippen LogP contribution in [0.1, 0.15) is 39.0 Å². The molecule has 2 saturated carbocycles. The van der Waals surface area contributed by atoms with E-state index in [1.54, 1.807) is 7.11 Å². The van der Waals surface area contributed by atoms with Gasteiger partial charge in [-0.3, -0.25) is 9.59 Å². The zero-order valence-corrected chi connectivity index (χ0v) is 11.6. The zero-order valence-electron chi connectivity index (χ0n) is 11.6. The molecule has 2 rings (SSSR count). The Labute approximate surface area is 113 Å². The SMILES string of the molecule is COC1CCC(NC(=O)C2CC(C)CC2C(=O)O)C1. The molecule has 0 aromatic rings. The first-order valence-electron chi connectivity index (χ1n) is 7.07. The minimum atomic E-state index is -0.842. The Kier molecular flexibility index (Phi) is 4.45. The number of aliphatic carboxylic acids is 1. The summed E-state index contributed by atoms with van der Waals surface area (Å²) in [7, 11) is 1.69. The van der Waals surface area contributed by atoms with Crippen LogP contribution in [-0.4, -0.2) is 36.2 Å². The molecular weight excluding hydrogens is 246 g/mol. The quantitative estimate of drug-likeness (QED) is 0.809. The molecule has 2 fully saturated rings. The van der Waals surface area contributed by atoms with E-state index in [1.807, 2.05) is 6.92 Å². The number of rotatable bonds is 4. The highest BCUT2D eigenvalue weighted by Gasteiger charge is 2.42. The van der Waals surface area contributed by atoms with Gasteiger partial charge in [0.05, 0.1) is 17.9 Å². The van der Waals surface area contributed by atoms with E-state index in [1.165, 1.54) is 0 Å². The van der Waals surface area contributed by atoms with Gasteiger partial charge in [-0.15, -0.1) is 0 Å². The Morgan fingerprint density at radius 3 is 2.42 bits per heavy atom. The summed E-state index contributed by atoms with van der Waals surface area (Å²) in [6.45, 7) is 2.01. The predicted molar refractivity (Wildman–Crippen MR) is 69.6 cm³/mol. The van der Waals surface area contributed by atoms with Crippen LogP contribution in [0.25, 0.3) is 0 Å². The zero-order chi connectivity index (χ0) is 14.0. The highest BCUT2D eigenvalue weighted by molar-refractivity contribution is 5.85. The van der Waals surface area contributed by atoms with Gasteiger partial charge in [-0.25, -0.2) is 0 Å². The fourth-order valence-corrected chi connectivity index (χ4v) is 3.45. The molecule has 0 heterocycles. The van der Waals surface area contributed by atoms with Gasteiger partial charge in [-0.2, -0.15) is 0 Å². The van der Waals surface area contributed by atoms with Gasteiger partial charge < -0.3 is 15.2 Å². The van der Waals surface area contributed by atoms with Crippen molar-refractivity contribution < 1.29 is 19.4 Å². The summed E-state index contributed by atoms with van der Waals surface area (Å²) in [5.41, 5.74) is 0. The van der Waals surface area contributed by atoms with Crippen molar-refractivity contribution in [2.45, 2.75) is 51.2 Å². The van der Waals surface area contributed by atoms with Crippen molar-refractivity contribution in [1.29, 1.82) is 0 Å². The maximum Gasteiger partial charge on any atom is 0.307 e. The summed E-state index contributed by atoms with van der Waals surface area (Å²) in [5, 5.41) is 12.2. The standard InChI is InChI=1S/C14H23NO4/c1-8-5-11(12(6-8)14(17)18)13(16)15-9-3-4-10(7-9)19-2/h8-12H,3-7H2,1-2H3,(H,15,16)(H,17,18). The van der Waals surface area contributed by atoms with Crippen LogP contribution in [0.4, 0.5) is 0 Å². The molecule has 1 amide bonds. The van der Waals surface area contributed by atoms with Crippen molar-refractivity contribution in [2.24, 2.45) is 17.8 Å². The highest BCUT2D eigenvalue weighted by Crippen LogP contribution is 2.37. The number of carbonyl (C=O) groups excluding carboxylic acids is 1. The summed E-state index contributed by atoms with van der Waals surface area (Å²) in [6, 6.07) is 0.141. The summed E-state index contributed by atoms with van der Waals surface area (Å²) < 4.78 is 5.28. The molecule has 5 nitrogen and oxygen atoms in total. The van der Waals surface area contributed by atoms with Gasteiger partial charge in [0, 0.05) is 13.2 Å². The van der Waals surface area contributed by atoms with Crippen molar-refractivity contribution in [3.63, 3.8) is 0 Å². The Balaban J connectivity index is 1.90. The third kappa shape index (κ3) is 3.26. The number of hydrogen-bond acceptors (Lipinski definition) is 3. The van der Waals surface area contributed by atoms with Gasteiger partial charge in [-0.05, 0) is 38.0 Å². The number of hydrogen-bond donors (Lipinski definition) is 2. The van der Waals surface area contributed by atoms with Crippen LogP contribution in [0, 0.1) is 17.8 Å². The van der Waals surface area contributed by atoms with E-state index in [4.69, 9.17) is 4.74 Å². The highest BCUT2D eigenvalue weighted by atomic mass is 16.5. The van der Waals surface area contributed by atoms with Gasteiger partial charge in [0.1, 0.15) is 0 Å². The van der Waals surface area contributed by atoms with Crippen LogP contribution in [0.15, 0.2) is 0 Å². The number of amides is 1. The van der Waals surface area contributed by atoms with Crippen molar-refractivity contribution in [2.75, 3.05) is 7.11 Å². The van der Waals surface area contributed by atoms with Crippen LogP contribution in [0.3, 0.4) is 0 Å². The summed E-state index contributed by atoms with van der Waals surface area (Å²) in [4.78, 5) is 23.4. The first-order valence-corrected chi connectivity index (χ1v) is 7.07. The fourth-order valence-electron chi connectivity index (χ4n) is 3.45. The molecule has 19 heavy (non-hydrogen) atoms. The molecule has 0 radical (unpaired) electrons. The Morgan fingerprint density at radius 1 is 1.16 bits per heavy atom. The normalized spacial score (nSPS) is 38.3. The van der Waals surface area contributed by atoms with Crippen molar-refractivity contribution in [3.8, 4) is 0 Å². The predicted octanol–water partition coefficient (Wildman–Crippen LogP) is 1.42. The van der Waals surface area contributed by atoms with Crippen LogP contribution >= 0.6 is 0 Å². The van der Waals surface area contributed by atoms with E-state index in [9.17, 15) is 14.7 Å². The average molecular weight is 269 g/mol. The molecule has 0 aliphatic heterocycles. The van der Waals surface area contributed by atoms with Gasteiger partial charge in [0.15, 0.2) is 0 Å². The third-order valence-electron chi connectivity index (χ3n) is 4.52. The Bertz CT molecular complexity index is 357. The molecular formula is C14H23NO4. The van der Waals surface area contributed by atoms with Crippen molar-refractivity contribution in [1.82, 2.24) is 5.32 Å². The average Bonchev–Trinajstić information content (AvgIpc) is 2.95. The second kappa shape index (κ2) is 5.90. The summed E-state index contributed by atoms with van der Waals surface area (Å²) in [5.74, 6) is -1.50. The molecule has 2 N–H and O–H groups in total. The largest absolute Gasteiger partial charge is 0.481 e. The minimum Gasteiger partial charge on any atom is -0.481 e. The van der Waals surface area contributed by atoms with E-state index in [-0.39, 0.29) is 24.0 Å². The molecule has 108 valence electrons. The lowest BCUT2D eigenvalue weighted by molar-refractivity contribution is -0.146. The van der Waals surface area contributed by atoms with Gasteiger partial charge in [-0.1, -0.05) is 6.92 Å². The van der Waals surface area contributed by atoms with Gasteiger partial charge >= 0.3 is 5.97 Å². The van der Waals surface area contributed by atoms with Crippen LogP contribution in [-0.2, 0) is 14.3 Å². The van der Waals surface area contributed by atoms with Crippen LogP contribution in [0.5, 0.6) is 0 Å². The van der Waals surface area contributed by atoms with Gasteiger partial charge in [0.25, 0.3) is 0 Å². The van der Waals surface area contributed by atoms with Gasteiger partial charge in [0.2, 0.25) is 5.91 Å². The first kappa shape index (κ1) is 14.3. The number of methoxy groups -OCH3 is 1. The molecule has 0 bridgehead atoms. The molecule has 0 aromatic carbocycles. The second-order valence-corrected chi connectivity index (χ2v) is 6.00. The monoisotopic (exact) mass is 269 g/mol. The van der Waals surface area contributed by atoms with Crippen LogP contribution in [0.2, 0.25) is 0 Å². The lowest BCUT2D eigenvalue weighted by atomic mass is 9.95. The van der Waals surface area contributed by atoms with E-state index in [2.05, 4.69) is 5.32 Å². The van der Waals surface area contributed by atoms with Crippen molar-refractivity contribution in [3.05, 3.63) is 0 Å². The number of carboxylic acid groups (broad SMARTS) is 1. The minimum absolute atomic E-state index is 0.0847. The molecule has 2 aliphatic carbocycles. The number of carboxylic acids is 1. The number of nitrogens with one attached hydrogen (secondary N) is 1. The number of ether oxygens (including phenoxy) is 1. The maximum absolute atomic E-state index is 12.2. The summed E-state index contributed by atoms with van der Waals surface area (Å²) in [6.07, 6.45) is 4.24. The molecule has 2 aliphatic rings.